The SMILES string of the molecule is CCn1c(N)c2ncn([C@@H]3O[C@H](CO)[C@@H](O)[C@H]3O)c2nc1=O. The number of nitrogen functional groups attached to an aromatic ring is 1. The third-order valence-electron chi connectivity index (χ3n) is 3.84. The lowest BCUT2D eigenvalue weighted by Gasteiger charge is -2.16. The van der Waals surface area contributed by atoms with Crippen LogP contribution in [0, 0.1) is 0 Å². The van der Waals surface area contributed by atoms with Crippen molar-refractivity contribution in [2.75, 3.05) is 12.3 Å². The van der Waals surface area contributed by atoms with Crippen LogP contribution in [0.5, 0.6) is 0 Å². The van der Waals surface area contributed by atoms with Crippen LogP contribution in [0.1, 0.15) is 13.2 Å². The van der Waals surface area contributed by atoms with Gasteiger partial charge in [-0.25, -0.2) is 9.78 Å². The molecule has 0 saturated carbocycles. The van der Waals surface area contributed by atoms with E-state index in [1.54, 1.807) is 6.92 Å². The van der Waals surface area contributed by atoms with Crippen molar-refractivity contribution < 1.29 is 20.1 Å². The Bertz CT molecular complexity index is 756. The van der Waals surface area contributed by atoms with Crippen molar-refractivity contribution in [3.63, 3.8) is 0 Å². The molecule has 5 N–H and O–H groups in total. The quantitative estimate of drug-likeness (QED) is 0.499. The maximum absolute atomic E-state index is 12.0. The van der Waals surface area contributed by atoms with E-state index < -0.39 is 36.8 Å². The third-order valence-corrected chi connectivity index (χ3v) is 3.84. The van der Waals surface area contributed by atoms with Crippen LogP contribution in [-0.2, 0) is 11.3 Å². The van der Waals surface area contributed by atoms with Crippen molar-refractivity contribution in [3.8, 4) is 0 Å². The molecular formula is C12H17N5O5. The number of nitrogens with zero attached hydrogens (tertiary/aromatic N) is 4. The summed E-state index contributed by atoms with van der Waals surface area (Å²) in [6.45, 7) is 1.67. The fourth-order valence-electron chi connectivity index (χ4n) is 2.63. The predicted molar refractivity (Wildman–Crippen MR) is 74.9 cm³/mol. The molecule has 3 heterocycles. The molecule has 3 rings (SSSR count). The molecular weight excluding hydrogens is 294 g/mol. The molecule has 0 unspecified atom stereocenters. The molecule has 2 aromatic heterocycles. The van der Waals surface area contributed by atoms with Crippen LogP contribution in [0.15, 0.2) is 11.1 Å². The second kappa shape index (κ2) is 5.32. The molecule has 0 amide bonds. The minimum Gasteiger partial charge on any atom is -0.394 e. The van der Waals surface area contributed by atoms with E-state index in [2.05, 4.69) is 9.97 Å². The Kier molecular flexibility index (Phi) is 3.60. The summed E-state index contributed by atoms with van der Waals surface area (Å²) in [6.07, 6.45) is -3.15. The lowest BCUT2D eigenvalue weighted by molar-refractivity contribution is -0.0511. The molecule has 4 atom stereocenters. The summed E-state index contributed by atoms with van der Waals surface area (Å²) in [5, 5.41) is 29.0. The lowest BCUT2D eigenvalue weighted by Crippen LogP contribution is -2.33. The van der Waals surface area contributed by atoms with E-state index >= 15 is 0 Å². The van der Waals surface area contributed by atoms with Crippen LogP contribution in [0.3, 0.4) is 0 Å². The fraction of sp³-hybridized carbons (Fsp3) is 0.583. The second-order valence-corrected chi connectivity index (χ2v) is 5.08. The normalized spacial score (nSPS) is 28.5. The number of aliphatic hydroxyl groups is 3. The molecule has 10 nitrogen and oxygen atoms in total. The maximum atomic E-state index is 12.0. The van der Waals surface area contributed by atoms with E-state index in [0.29, 0.717) is 12.1 Å². The van der Waals surface area contributed by atoms with Crippen LogP contribution in [-0.4, -0.2) is 59.3 Å². The standard InChI is InChI=1S/C12H17N5O5/c1-2-16-9(13)6-10(15-12(16)21)17(4-14-6)11-8(20)7(19)5(3-18)22-11/h4-5,7-8,11,18-20H,2-3,13H2,1H3/t5-,7-,8-,11-/m1/s1. The van der Waals surface area contributed by atoms with Crippen molar-refractivity contribution in [2.45, 2.75) is 38.0 Å². The molecule has 22 heavy (non-hydrogen) atoms. The summed E-state index contributed by atoms with van der Waals surface area (Å²) >= 11 is 0. The number of ether oxygens (including phenoxy) is 1. The number of hydrogen-bond acceptors (Lipinski definition) is 8. The van der Waals surface area contributed by atoms with Crippen LogP contribution in [0.4, 0.5) is 5.82 Å². The molecule has 2 aromatic rings. The van der Waals surface area contributed by atoms with Crippen molar-refractivity contribution in [1.29, 1.82) is 0 Å². The Hall–Kier alpha value is -2.01. The highest BCUT2D eigenvalue weighted by Gasteiger charge is 2.44. The van der Waals surface area contributed by atoms with Crippen molar-refractivity contribution in [3.05, 3.63) is 16.8 Å². The van der Waals surface area contributed by atoms with Crippen molar-refractivity contribution in [2.24, 2.45) is 0 Å². The second-order valence-electron chi connectivity index (χ2n) is 5.08. The molecule has 0 aliphatic carbocycles. The van der Waals surface area contributed by atoms with Gasteiger partial charge in [0.05, 0.1) is 12.9 Å². The third kappa shape index (κ3) is 2.00. The molecule has 10 heteroatoms. The van der Waals surface area contributed by atoms with E-state index in [1.807, 2.05) is 0 Å². The zero-order valence-electron chi connectivity index (χ0n) is 11.8. The Morgan fingerprint density at radius 3 is 2.73 bits per heavy atom. The van der Waals surface area contributed by atoms with Gasteiger partial charge in [0.2, 0.25) is 0 Å². The van der Waals surface area contributed by atoms with Gasteiger partial charge in [-0.05, 0) is 6.92 Å². The molecule has 0 aromatic carbocycles. The van der Waals surface area contributed by atoms with E-state index in [4.69, 9.17) is 15.6 Å². The molecule has 1 aliphatic heterocycles. The first-order valence-electron chi connectivity index (χ1n) is 6.84. The van der Waals surface area contributed by atoms with Gasteiger partial charge in [0, 0.05) is 6.54 Å². The Balaban J connectivity index is 2.12. The smallest absolute Gasteiger partial charge is 0.351 e. The summed E-state index contributed by atoms with van der Waals surface area (Å²) in [4.78, 5) is 20.0. The highest BCUT2D eigenvalue weighted by molar-refractivity contribution is 5.81. The van der Waals surface area contributed by atoms with Gasteiger partial charge < -0.3 is 25.8 Å². The fourth-order valence-corrected chi connectivity index (χ4v) is 2.63. The van der Waals surface area contributed by atoms with Gasteiger partial charge in [0.1, 0.15) is 29.6 Å². The van der Waals surface area contributed by atoms with Gasteiger partial charge in [-0.2, -0.15) is 4.98 Å². The Morgan fingerprint density at radius 2 is 2.14 bits per heavy atom. The average molecular weight is 311 g/mol. The number of imidazole rings is 1. The van der Waals surface area contributed by atoms with Gasteiger partial charge in [-0.1, -0.05) is 0 Å². The Morgan fingerprint density at radius 1 is 1.41 bits per heavy atom. The average Bonchev–Trinajstić information content (AvgIpc) is 3.02. The number of fused-ring (bicyclic) bond motifs is 1. The number of aliphatic hydroxyl groups excluding tert-OH is 3. The summed E-state index contributed by atoms with van der Waals surface area (Å²) < 4.78 is 8.01. The number of hydrogen-bond donors (Lipinski definition) is 4. The van der Waals surface area contributed by atoms with Gasteiger partial charge >= 0.3 is 5.69 Å². The Labute approximate surface area is 124 Å². The van der Waals surface area contributed by atoms with E-state index in [9.17, 15) is 15.0 Å². The minimum atomic E-state index is -1.29. The van der Waals surface area contributed by atoms with Gasteiger partial charge in [0.15, 0.2) is 11.9 Å². The maximum Gasteiger partial charge on any atom is 0.351 e. The molecule has 1 fully saturated rings. The number of aromatic nitrogens is 4. The molecule has 0 spiro atoms. The van der Waals surface area contributed by atoms with Crippen molar-refractivity contribution in [1.82, 2.24) is 19.1 Å². The molecule has 120 valence electrons. The summed E-state index contributed by atoms with van der Waals surface area (Å²) in [6, 6.07) is 0. The first-order chi connectivity index (χ1) is 10.5. The first-order valence-corrected chi connectivity index (χ1v) is 6.84. The molecule has 0 radical (unpaired) electrons. The first kappa shape index (κ1) is 14.9. The number of nitrogens with two attached hydrogens (primary N) is 1. The lowest BCUT2D eigenvalue weighted by atomic mass is 10.1. The largest absolute Gasteiger partial charge is 0.394 e. The van der Waals surface area contributed by atoms with Crippen LogP contribution in [0.2, 0.25) is 0 Å². The van der Waals surface area contributed by atoms with Crippen LogP contribution < -0.4 is 11.4 Å². The topological polar surface area (TPSA) is 149 Å². The summed E-state index contributed by atoms with van der Waals surface area (Å²) in [5.41, 5.74) is 5.83. The minimum absolute atomic E-state index is 0.155. The van der Waals surface area contributed by atoms with Gasteiger partial charge in [-0.3, -0.25) is 9.13 Å². The molecule has 1 aliphatic rings. The molecule has 1 saturated heterocycles. The van der Waals surface area contributed by atoms with E-state index in [0.717, 1.165) is 0 Å². The highest BCUT2D eigenvalue weighted by atomic mass is 16.6. The number of anilines is 1. The highest BCUT2D eigenvalue weighted by Crippen LogP contribution is 2.31. The zero-order valence-corrected chi connectivity index (χ0v) is 11.8. The van der Waals surface area contributed by atoms with Gasteiger partial charge in [-0.15, -0.1) is 0 Å². The van der Waals surface area contributed by atoms with Gasteiger partial charge in [0.25, 0.3) is 0 Å². The number of rotatable bonds is 3. The van der Waals surface area contributed by atoms with Crippen molar-refractivity contribution >= 4 is 17.0 Å². The predicted octanol–water partition coefficient (Wildman–Crippen LogP) is -2.19. The van der Waals surface area contributed by atoms with Crippen LogP contribution >= 0.6 is 0 Å². The molecule has 0 bridgehead atoms. The monoisotopic (exact) mass is 311 g/mol. The van der Waals surface area contributed by atoms with E-state index in [1.165, 1.54) is 15.5 Å². The van der Waals surface area contributed by atoms with Crippen LogP contribution in [0.25, 0.3) is 11.2 Å². The zero-order chi connectivity index (χ0) is 16.0. The van der Waals surface area contributed by atoms with E-state index in [-0.39, 0.29) is 11.5 Å². The summed E-state index contributed by atoms with van der Waals surface area (Å²) in [5.74, 6) is 0.169. The summed E-state index contributed by atoms with van der Waals surface area (Å²) in [7, 11) is 0.